The molecule has 1 aliphatic carbocycles. The van der Waals surface area contributed by atoms with Crippen molar-refractivity contribution < 1.29 is 48.1 Å². The van der Waals surface area contributed by atoms with E-state index in [-0.39, 0.29) is 47.3 Å². The molecule has 0 saturated carbocycles. The zero-order valence-corrected chi connectivity index (χ0v) is 17.8. The number of phosphoric ester groups is 1. The molecule has 0 bridgehead atoms. The number of carbonyl (C=O) groups is 1. The Labute approximate surface area is 187 Å². The van der Waals surface area contributed by atoms with Crippen molar-refractivity contribution in [1.82, 2.24) is 5.32 Å². The number of hydrogen-bond donors (Lipinski definition) is 5. The van der Waals surface area contributed by atoms with Crippen LogP contribution in [0.25, 0.3) is 5.57 Å². The second-order valence-electron chi connectivity index (χ2n) is 7.73. The van der Waals surface area contributed by atoms with Crippen LogP contribution in [-0.2, 0) is 15.7 Å². The average molecular weight is 477 g/mol. The lowest BCUT2D eigenvalue weighted by atomic mass is 9.79. The van der Waals surface area contributed by atoms with Crippen LogP contribution in [0.15, 0.2) is 42.5 Å². The van der Waals surface area contributed by atoms with E-state index in [1.807, 2.05) is 0 Å². The van der Waals surface area contributed by atoms with E-state index in [0.29, 0.717) is 5.56 Å². The van der Waals surface area contributed by atoms with E-state index in [9.17, 15) is 29.6 Å². The Kier molecular flexibility index (Phi) is 5.40. The smallest absolute Gasteiger partial charge is 0.453 e. The summed E-state index contributed by atoms with van der Waals surface area (Å²) in [5.41, 5.74) is 0.951. The zero-order valence-electron chi connectivity index (χ0n) is 17.0. The first kappa shape index (κ1) is 21.9. The molecule has 0 spiro atoms. The topological polar surface area (TPSA) is 164 Å². The molecule has 2 aromatic rings. The summed E-state index contributed by atoms with van der Waals surface area (Å²) < 4.78 is 33.9. The lowest BCUT2D eigenvalue weighted by molar-refractivity contribution is -0.0535. The van der Waals surface area contributed by atoms with E-state index < -0.39 is 38.1 Å². The van der Waals surface area contributed by atoms with Crippen LogP contribution in [0.3, 0.4) is 0 Å². The Hall–Kier alpha value is -2.92. The highest BCUT2D eigenvalue weighted by molar-refractivity contribution is 7.47. The number of rotatable bonds is 5. The van der Waals surface area contributed by atoms with Crippen molar-refractivity contribution in [2.75, 3.05) is 6.79 Å². The fraction of sp³-hybridized carbons (Fsp3) is 0.286. The van der Waals surface area contributed by atoms with Gasteiger partial charge >= 0.3 is 7.82 Å². The highest BCUT2D eigenvalue weighted by atomic mass is 31.2. The second-order valence-corrected chi connectivity index (χ2v) is 9.10. The zero-order chi connectivity index (χ0) is 23.3. The van der Waals surface area contributed by atoms with E-state index in [4.69, 9.17) is 18.5 Å². The quantitative estimate of drug-likeness (QED) is 0.387. The van der Waals surface area contributed by atoms with Gasteiger partial charge in [-0.1, -0.05) is 30.3 Å². The van der Waals surface area contributed by atoms with Crippen LogP contribution in [-0.4, -0.2) is 57.3 Å². The summed E-state index contributed by atoms with van der Waals surface area (Å²) in [5.74, 6) is -1.04. The summed E-state index contributed by atoms with van der Waals surface area (Å²) >= 11 is 0. The third-order valence-electron chi connectivity index (χ3n) is 5.61. The van der Waals surface area contributed by atoms with Gasteiger partial charge in [-0.2, -0.15) is 0 Å². The van der Waals surface area contributed by atoms with Gasteiger partial charge in [-0.25, -0.2) is 4.57 Å². The van der Waals surface area contributed by atoms with Crippen molar-refractivity contribution in [2.45, 2.75) is 31.0 Å². The lowest BCUT2D eigenvalue weighted by Gasteiger charge is -2.39. The van der Waals surface area contributed by atoms with Crippen LogP contribution in [0, 0.1) is 0 Å². The molecular formula is C21H20NO10P. The van der Waals surface area contributed by atoms with Crippen LogP contribution in [0.5, 0.6) is 17.2 Å². The predicted molar refractivity (Wildman–Crippen MR) is 112 cm³/mol. The molecule has 33 heavy (non-hydrogen) atoms. The third kappa shape index (κ3) is 3.89. The van der Waals surface area contributed by atoms with E-state index in [0.717, 1.165) is 0 Å². The molecule has 11 nitrogen and oxygen atoms in total. The number of benzene rings is 2. The molecule has 3 aliphatic rings. The van der Waals surface area contributed by atoms with Gasteiger partial charge in [-0.3, -0.25) is 14.2 Å². The fourth-order valence-electron chi connectivity index (χ4n) is 4.03. The van der Waals surface area contributed by atoms with Crippen molar-refractivity contribution in [1.29, 1.82) is 0 Å². The van der Waals surface area contributed by atoms with Crippen molar-refractivity contribution in [3.05, 3.63) is 59.2 Å². The van der Waals surface area contributed by atoms with Crippen LogP contribution in [0.1, 0.15) is 21.5 Å². The minimum atomic E-state index is -4.73. The van der Waals surface area contributed by atoms with Gasteiger partial charge in [0, 0.05) is 5.56 Å². The normalized spacial score (nSPS) is 27.0. The van der Waals surface area contributed by atoms with Gasteiger partial charge in [-0.05, 0) is 23.3 Å². The van der Waals surface area contributed by atoms with E-state index in [1.165, 1.54) is 12.1 Å². The Morgan fingerprint density at radius 2 is 1.88 bits per heavy atom. The molecule has 2 aliphatic heterocycles. The summed E-state index contributed by atoms with van der Waals surface area (Å²) in [6.07, 6.45) is -3.10. The number of amides is 1. The molecule has 5 atom stereocenters. The molecule has 0 radical (unpaired) electrons. The molecule has 5 rings (SSSR count). The number of phosphoric acid groups is 1. The minimum Gasteiger partial charge on any atom is -0.453 e. The molecule has 12 heteroatoms. The van der Waals surface area contributed by atoms with Gasteiger partial charge in [0.2, 0.25) is 12.5 Å². The Morgan fingerprint density at radius 1 is 1.12 bits per heavy atom. The Balaban J connectivity index is 1.55. The van der Waals surface area contributed by atoms with Crippen molar-refractivity contribution in [3.63, 3.8) is 0 Å². The maximum absolute atomic E-state index is 13.0. The largest absolute Gasteiger partial charge is 0.527 e. The molecule has 0 saturated heterocycles. The number of ether oxygens (including phenoxy) is 2. The first-order valence-corrected chi connectivity index (χ1v) is 11.5. The van der Waals surface area contributed by atoms with Crippen molar-refractivity contribution >= 4 is 19.3 Å². The molecule has 5 N–H and O–H groups in total. The number of aliphatic hydroxyl groups is 3. The van der Waals surface area contributed by atoms with Gasteiger partial charge in [0.05, 0.1) is 18.2 Å². The van der Waals surface area contributed by atoms with Crippen LogP contribution in [0.4, 0.5) is 0 Å². The maximum atomic E-state index is 13.0. The summed E-state index contributed by atoms with van der Waals surface area (Å²) in [6.45, 7) is -0.442. The van der Waals surface area contributed by atoms with Crippen molar-refractivity contribution in [3.8, 4) is 17.2 Å². The average Bonchev–Trinajstić information content (AvgIpc) is 3.26. The van der Waals surface area contributed by atoms with E-state index in [1.54, 1.807) is 30.3 Å². The summed E-state index contributed by atoms with van der Waals surface area (Å²) in [6, 6.07) is 9.10. The summed E-state index contributed by atoms with van der Waals surface area (Å²) in [4.78, 5) is 23.3. The van der Waals surface area contributed by atoms with E-state index in [2.05, 4.69) is 5.32 Å². The van der Waals surface area contributed by atoms with Crippen molar-refractivity contribution in [2.24, 2.45) is 0 Å². The van der Waals surface area contributed by atoms with Crippen LogP contribution < -0.4 is 19.3 Å². The molecule has 1 amide bonds. The highest BCUT2D eigenvalue weighted by Gasteiger charge is 2.46. The first-order chi connectivity index (χ1) is 15.7. The maximum Gasteiger partial charge on any atom is 0.527 e. The van der Waals surface area contributed by atoms with Gasteiger partial charge < -0.3 is 34.6 Å². The van der Waals surface area contributed by atoms with Gasteiger partial charge in [0.25, 0.3) is 5.91 Å². The molecule has 174 valence electrons. The number of aliphatic hydroxyl groups excluding tert-OH is 3. The first-order valence-electron chi connectivity index (χ1n) is 10.00. The minimum absolute atomic E-state index is 0.0579. The fourth-order valence-corrected chi connectivity index (χ4v) is 4.80. The second kappa shape index (κ2) is 8.14. The molecule has 2 aromatic carbocycles. The SMILES string of the molecule is O=C1N[C@@H]2C(=C[C@H](O)[C@@H](O)[C@H]2O)c2cc3c(c(OP(=O)(O)OCc4ccccc4)c21)OCO3. The molecule has 0 aromatic heterocycles. The lowest BCUT2D eigenvalue weighted by Crippen LogP contribution is -2.57. The Morgan fingerprint density at radius 3 is 2.64 bits per heavy atom. The molecule has 0 fully saturated rings. The summed E-state index contributed by atoms with van der Waals surface area (Å²) in [7, 11) is -4.73. The number of carbonyl (C=O) groups excluding carboxylic acids is 1. The third-order valence-corrected chi connectivity index (χ3v) is 6.48. The standard InChI is InChI=1S/C21H20NO10P/c23-13-6-12-11-7-14-19(30-9-29-14)20(15(11)21(26)22-16(12)18(25)17(13)24)32-33(27,28)31-8-10-4-2-1-3-5-10/h1-7,13,16-18,23-25H,8-9H2,(H,22,26)(H,27,28)/t13-,16+,17+,18-/m0/s1. The predicted octanol–water partition coefficient (Wildman–Crippen LogP) is 0.703. The molecular weight excluding hydrogens is 457 g/mol. The number of nitrogens with one attached hydrogen (secondary N) is 1. The van der Waals surface area contributed by atoms with Crippen LogP contribution >= 0.6 is 7.82 Å². The highest BCUT2D eigenvalue weighted by Crippen LogP contribution is 2.55. The van der Waals surface area contributed by atoms with Crippen LogP contribution in [0.2, 0.25) is 0 Å². The summed E-state index contributed by atoms with van der Waals surface area (Å²) in [5, 5.41) is 33.0. The van der Waals surface area contributed by atoms with Gasteiger partial charge in [0.1, 0.15) is 18.3 Å². The number of fused-ring (bicyclic) bond motifs is 4. The van der Waals surface area contributed by atoms with Gasteiger partial charge in [-0.15, -0.1) is 0 Å². The number of hydrogen-bond acceptors (Lipinski definition) is 9. The molecule has 2 heterocycles. The van der Waals surface area contributed by atoms with Gasteiger partial charge in [0.15, 0.2) is 11.5 Å². The van der Waals surface area contributed by atoms with E-state index >= 15 is 0 Å². The monoisotopic (exact) mass is 477 g/mol. The molecule has 1 unspecified atom stereocenters. The Bertz CT molecular complexity index is 1180.